The molecular weight excluding hydrogens is 192 g/mol. The fourth-order valence-electron chi connectivity index (χ4n) is 1.35. The molecule has 2 rings (SSSR count). The zero-order valence-electron chi connectivity index (χ0n) is 7.40. The lowest BCUT2D eigenvalue weighted by Gasteiger charge is -2.03. The molecule has 0 spiro atoms. The third-order valence-electron chi connectivity index (χ3n) is 2.04. The van der Waals surface area contributed by atoms with Crippen molar-refractivity contribution in [3.63, 3.8) is 0 Å². The van der Waals surface area contributed by atoms with Crippen LogP contribution in [0, 0.1) is 11.3 Å². The molecule has 0 bridgehead atoms. The predicted molar refractivity (Wildman–Crippen MR) is 58.9 cm³/mol. The van der Waals surface area contributed by atoms with Gasteiger partial charge in [-0.15, -0.1) is 0 Å². The Morgan fingerprint density at radius 2 is 2.14 bits per heavy atom. The number of hydrogen-bond acceptors (Lipinski definition) is 3. The van der Waals surface area contributed by atoms with E-state index in [1.165, 1.54) is 0 Å². The number of hydrogen-bond donors (Lipinski definition) is 1. The molecule has 3 heteroatoms. The number of nitrogens with two attached hydrogens (primary N) is 1. The lowest BCUT2D eigenvalue weighted by atomic mass is 10.0. The fraction of sp³-hybridized carbons (Fsp3) is 0. The molecule has 0 aliphatic rings. The maximum absolute atomic E-state index is 8.97. The lowest BCUT2D eigenvalue weighted by molar-refractivity contribution is 1.48. The molecule has 0 saturated carbocycles. The van der Waals surface area contributed by atoms with E-state index in [0.29, 0.717) is 11.3 Å². The van der Waals surface area contributed by atoms with E-state index >= 15 is 0 Å². The van der Waals surface area contributed by atoms with Gasteiger partial charge < -0.3 is 5.73 Å². The summed E-state index contributed by atoms with van der Waals surface area (Å²) in [4.78, 5) is 0. The van der Waals surface area contributed by atoms with E-state index in [0.717, 1.165) is 11.1 Å². The van der Waals surface area contributed by atoms with Gasteiger partial charge >= 0.3 is 0 Å². The van der Waals surface area contributed by atoms with Crippen molar-refractivity contribution in [1.82, 2.24) is 0 Å². The summed E-state index contributed by atoms with van der Waals surface area (Å²) in [6.45, 7) is 0. The van der Waals surface area contributed by atoms with Gasteiger partial charge in [-0.1, -0.05) is 12.1 Å². The average molecular weight is 200 g/mol. The molecule has 0 aliphatic carbocycles. The summed E-state index contributed by atoms with van der Waals surface area (Å²) in [5, 5.41) is 13.0. The minimum absolute atomic E-state index is 0.538. The van der Waals surface area contributed by atoms with Crippen LogP contribution in [0.15, 0.2) is 35.0 Å². The first-order chi connectivity index (χ1) is 6.83. The quantitative estimate of drug-likeness (QED) is 0.719. The minimum Gasteiger partial charge on any atom is -0.398 e. The van der Waals surface area contributed by atoms with E-state index in [2.05, 4.69) is 6.07 Å². The highest BCUT2D eigenvalue weighted by atomic mass is 32.1. The van der Waals surface area contributed by atoms with Crippen molar-refractivity contribution < 1.29 is 0 Å². The van der Waals surface area contributed by atoms with Gasteiger partial charge in [-0.2, -0.15) is 16.6 Å². The Morgan fingerprint density at radius 1 is 1.29 bits per heavy atom. The number of anilines is 1. The molecule has 0 saturated heterocycles. The van der Waals surface area contributed by atoms with Gasteiger partial charge in [0.05, 0.1) is 11.3 Å². The van der Waals surface area contributed by atoms with Crippen LogP contribution in [0.2, 0.25) is 0 Å². The van der Waals surface area contributed by atoms with Gasteiger partial charge in [0.1, 0.15) is 6.07 Å². The van der Waals surface area contributed by atoms with Crippen LogP contribution in [0.4, 0.5) is 5.69 Å². The van der Waals surface area contributed by atoms with Crippen molar-refractivity contribution in [2.24, 2.45) is 0 Å². The molecule has 1 aromatic carbocycles. The maximum Gasteiger partial charge on any atom is 0.102 e. The predicted octanol–water partition coefficient (Wildman–Crippen LogP) is 2.87. The van der Waals surface area contributed by atoms with Crippen LogP contribution in [-0.4, -0.2) is 0 Å². The highest BCUT2D eigenvalue weighted by Gasteiger charge is 2.07. The van der Waals surface area contributed by atoms with Crippen molar-refractivity contribution in [1.29, 1.82) is 5.26 Å². The summed E-state index contributed by atoms with van der Waals surface area (Å²) in [6, 6.07) is 9.64. The Hall–Kier alpha value is -1.79. The number of nitrogen functional groups attached to an aromatic ring is 1. The summed E-state index contributed by atoms with van der Waals surface area (Å²) in [5.41, 5.74) is 8.78. The summed E-state index contributed by atoms with van der Waals surface area (Å²) in [7, 11) is 0. The Morgan fingerprint density at radius 3 is 2.79 bits per heavy atom. The van der Waals surface area contributed by atoms with Crippen LogP contribution in [-0.2, 0) is 0 Å². The number of nitrogens with zero attached hydrogens (tertiary/aromatic N) is 1. The van der Waals surface area contributed by atoms with E-state index in [-0.39, 0.29) is 0 Å². The molecule has 2 N–H and O–H groups in total. The maximum atomic E-state index is 8.97. The van der Waals surface area contributed by atoms with Gasteiger partial charge in [-0.25, -0.2) is 0 Å². The highest BCUT2D eigenvalue weighted by Crippen LogP contribution is 2.28. The zero-order chi connectivity index (χ0) is 9.97. The van der Waals surface area contributed by atoms with Crippen molar-refractivity contribution in [2.45, 2.75) is 0 Å². The van der Waals surface area contributed by atoms with E-state index in [1.54, 1.807) is 17.4 Å². The van der Waals surface area contributed by atoms with Crippen molar-refractivity contribution >= 4 is 17.0 Å². The fourth-order valence-corrected chi connectivity index (χ4v) is 2.01. The van der Waals surface area contributed by atoms with E-state index < -0.39 is 0 Å². The Balaban J connectivity index is 2.66. The Labute approximate surface area is 86.2 Å². The summed E-state index contributed by atoms with van der Waals surface area (Å²) in [5.74, 6) is 0. The lowest BCUT2D eigenvalue weighted by Crippen LogP contribution is -1.92. The van der Waals surface area contributed by atoms with Gasteiger partial charge in [-0.3, -0.25) is 0 Å². The third-order valence-corrected chi connectivity index (χ3v) is 2.72. The molecule has 14 heavy (non-hydrogen) atoms. The van der Waals surface area contributed by atoms with E-state index in [9.17, 15) is 0 Å². The minimum atomic E-state index is 0.538. The first kappa shape index (κ1) is 8.79. The number of thiophene rings is 1. The van der Waals surface area contributed by atoms with Crippen molar-refractivity contribution in [2.75, 3.05) is 5.73 Å². The molecule has 2 aromatic rings. The molecule has 0 fully saturated rings. The largest absolute Gasteiger partial charge is 0.398 e. The second-order valence-electron chi connectivity index (χ2n) is 2.89. The monoisotopic (exact) mass is 200 g/mol. The molecule has 0 unspecified atom stereocenters. The van der Waals surface area contributed by atoms with Crippen LogP contribution in [0.25, 0.3) is 11.1 Å². The first-order valence-corrected chi connectivity index (χ1v) is 5.08. The van der Waals surface area contributed by atoms with Gasteiger partial charge in [-0.05, 0) is 28.5 Å². The van der Waals surface area contributed by atoms with Gasteiger partial charge in [0.25, 0.3) is 0 Å². The standard InChI is InChI=1S/C11H8N2S/c12-6-10-9(2-1-3-11(10)13)8-4-5-14-7-8/h1-5,7H,13H2. The van der Waals surface area contributed by atoms with E-state index in [4.69, 9.17) is 11.0 Å². The molecule has 0 radical (unpaired) electrons. The van der Waals surface area contributed by atoms with Crippen LogP contribution in [0.3, 0.4) is 0 Å². The summed E-state index contributed by atoms with van der Waals surface area (Å²) >= 11 is 1.61. The molecule has 0 amide bonds. The van der Waals surface area contributed by atoms with Crippen LogP contribution < -0.4 is 5.73 Å². The molecule has 0 aliphatic heterocycles. The molecule has 0 atom stereocenters. The smallest absolute Gasteiger partial charge is 0.102 e. The summed E-state index contributed by atoms with van der Waals surface area (Å²) < 4.78 is 0. The van der Waals surface area contributed by atoms with Crippen molar-refractivity contribution in [3.8, 4) is 17.2 Å². The van der Waals surface area contributed by atoms with Crippen LogP contribution in [0.1, 0.15) is 5.56 Å². The third kappa shape index (κ3) is 1.36. The normalized spacial score (nSPS) is 9.64. The van der Waals surface area contributed by atoms with Gasteiger partial charge in [0, 0.05) is 5.56 Å². The van der Waals surface area contributed by atoms with Crippen molar-refractivity contribution in [3.05, 3.63) is 40.6 Å². The Bertz CT molecular complexity index is 480. The molecule has 68 valence electrons. The second kappa shape index (κ2) is 3.52. The second-order valence-corrected chi connectivity index (χ2v) is 3.67. The van der Waals surface area contributed by atoms with Gasteiger partial charge in [0.2, 0.25) is 0 Å². The SMILES string of the molecule is N#Cc1c(N)cccc1-c1ccsc1. The van der Waals surface area contributed by atoms with E-state index in [1.807, 2.05) is 29.0 Å². The molecular formula is C11H8N2S. The van der Waals surface area contributed by atoms with Gasteiger partial charge in [0.15, 0.2) is 0 Å². The average Bonchev–Trinajstić information content (AvgIpc) is 2.70. The number of benzene rings is 1. The topological polar surface area (TPSA) is 49.8 Å². The Kier molecular flexibility index (Phi) is 2.21. The zero-order valence-corrected chi connectivity index (χ0v) is 8.21. The van der Waals surface area contributed by atoms with Crippen LogP contribution in [0.5, 0.6) is 0 Å². The number of nitriles is 1. The first-order valence-electron chi connectivity index (χ1n) is 4.14. The molecule has 1 aromatic heterocycles. The highest BCUT2D eigenvalue weighted by molar-refractivity contribution is 7.08. The molecule has 2 nitrogen and oxygen atoms in total. The van der Waals surface area contributed by atoms with Crippen LogP contribution >= 0.6 is 11.3 Å². The molecule has 1 heterocycles. The number of rotatable bonds is 1. The summed E-state index contributed by atoms with van der Waals surface area (Å²) in [6.07, 6.45) is 0.